The number of nitrogens with zero attached hydrogens (tertiary/aromatic N) is 2. The van der Waals surface area contributed by atoms with Crippen LogP contribution in [0, 0.1) is 6.92 Å². The molecule has 2 aromatic carbocycles. The highest BCUT2D eigenvalue weighted by Gasteiger charge is 2.05. The van der Waals surface area contributed by atoms with E-state index in [-0.39, 0.29) is 0 Å². The lowest BCUT2D eigenvalue weighted by atomic mass is 10.1. The molecule has 0 aliphatic heterocycles. The third-order valence-electron chi connectivity index (χ3n) is 3.43. The third kappa shape index (κ3) is 3.71. The van der Waals surface area contributed by atoms with E-state index in [1.165, 1.54) is 0 Å². The summed E-state index contributed by atoms with van der Waals surface area (Å²) >= 11 is 3.51. The van der Waals surface area contributed by atoms with Gasteiger partial charge in [0.1, 0.15) is 11.6 Å². The van der Waals surface area contributed by atoms with Gasteiger partial charge in [0.25, 0.3) is 0 Å². The number of nitrogens with one attached hydrogen (secondary N) is 2. The van der Waals surface area contributed by atoms with Crippen molar-refractivity contribution in [3.63, 3.8) is 0 Å². The average Bonchev–Trinajstić information content (AvgIpc) is 3.00. The summed E-state index contributed by atoms with van der Waals surface area (Å²) < 4.78 is 6.19. The number of anilines is 1. The molecular weight excluding hydrogens is 356 g/mol. The normalized spacial score (nSPS) is 10.6. The molecular formula is C17H17BrN4O. The fourth-order valence-corrected chi connectivity index (χ4v) is 2.85. The lowest BCUT2D eigenvalue weighted by Gasteiger charge is -2.09. The Morgan fingerprint density at radius 1 is 1.22 bits per heavy atom. The molecule has 1 heterocycles. The first-order chi connectivity index (χ1) is 11.2. The molecule has 0 fully saturated rings. The van der Waals surface area contributed by atoms with Crippen LogP contribution >= 0.6 is 15.9 Å². The van der Waals surface area contributed by atoms with Crippen LogP contribution in [-0.2, 0) is 6.54 Å². The molecule has 0 radical (unpaired) electrons. The Bertz CT molecular complexity index is 816. The van der Waals surface area contributed by atoms with Crippen molar-refractivity contribution in [3.8, 4) is 17.1 Å². The molecule has 23 heavy (non-hydrogen) atoms. The van der Waals surface area contributed by atoms with Crippen molar-refractivity contribution in [1.29, 1.82) is 0 Å². The van der Waals surface area contributed by atoms with E-state index in [4.69, 9.17) is 4.74 Å². The predicted molar refractivity (Wildman–Crippen MR) is 94.6 cm³/mol. The lowest BCUT2D eigenvalue weighted by molar-refractivity contribution is 0.412. The number of aromatic amines is 1. The molecule has 0 unspecified atom stereocenters. The SMILES string of the molecule is COc1ccc(CNc2cccc(-c3n[nH]c(C)n3)c2)cc1Br. The molecule has 3 aromatic rings. The van der Waals surface area contributed by atoms with Gasteiger partial charge in [0.15, 0.2) is 5.82 Å². The zero-order chi connectivity index (χ0) is 16.2. The van der Waals surface area contributed by atoms with Gasteiger partial charge in [0.2, 0.25) is 0 Å². The van der Waals surface area contributed by atoms with Crippen LogP contribution in [0.4, 0.5) is 5.69 Å². The van der Waals surface area contributed by atoms with E-state index in [2.05, 4.69) is 36.4 Å². The fourth-order valence-electron chi connectivity index (χ4n) is 2.26. The fraction of sp³-hybridized carbons (Fsp3) is 0.176. The van der Waals surface area contributed by atoms with Crippen LogP contribution < -0.4 is 10.1 Å². The number of hydrogen-bond acceptors (Lipinski definition) is 4. The molecule has 0 saturated carbocycles. The number of ether oxygens (including phenoxy) is 1. The second-order valence-electron chi connectivity index (χ2n) is 5.15. The van der Waals surface area contributed by atoms with Crippen molar-refractivity contribution < 1.29 is 4.74 Å². The van der Waals surface area contributed by atoms with Gasteiger partial charge in [-0.3, -0.25) is 5.10 Å². The second kappa shape index (κ2) is 6.83. The van der Waals surface area contributed by atoms with Gasteiger partial charge in [-0.2, -0.15) is 5.10 Å². The quantitative estimate of drug-likeness (QED) is 0.705. The van der Waals surface area contributed by atoms with Gasteiger partial charge in [-0.05, 0) is 52.7 Å². The maximum Gasteiger partial charge on any atom is 0.181 e. The van der Waals surface area contributed by atoms with E-state index < -0.39 is 0 Å². The number of benzene rings is 2. The Balaban J connectivity index is 1.72. The molecule has 0 aliphatic rings. The van der Waals surface area contributed by atoms with Gasteiger partial charge < -0.3 is 10.1 Å². The predicted octanol–water partition coefficient (Wildman–Crippen LogP) is 4.16. The molecule has 5 nitrogen and oxygen atoms in total. The zero-order valence-corrected chi connectivity index (χ0v) is 14.5. The smallest absolute Gasteiger partial charge is 0.181 e. The summed E-state index contributed by atoms with van der Waals surface area (Å²) in [6.45, 7) is 2.61. The molecule has 0 spiro atoms. The molecule has 0 atom stereocenters. The molecule has 0 bridgehead atoms. The van der Waals surface area contributed by atoms with Gasteiger partial charge in [-0.25, -0.2) is 4.98 Å². The summed E-state index contributed by atoms with van der Waals surface area (Å²) in [6.07, 6.45) is 0. The molecule has 0 aliphatic carbocycles. The minimum Gasteiger partial charge on any atom is -0.496 e. The highest BCUT2D eigenvalue weighted by molar-refractivity contribution is 9.10. The summed E-state index contributed by atoms with van der Waals surface area (Å²) in [4.78, 5) is 4.36. The maximum absolute atomic E-state index is 5.25. The number of halogens is 1. The highest BCUT2D eigenvalue weighted by atomic mass is 79.9. The van der Waals surface area contributed by atoms with Crippen LogP contribution in [0.25, 0.3) is 11.4 Å². The average molecular weight is 373 g/mol. The van der Waals surface area contributed by atoms with Crippen molar-refractivity contribution in [2.75, 3.05) is 12.4 Å². The summed E-state index contributed by atoms with van der Waals surface area (Å²) in [5, 5.41) is 10.5. The van der Waals surface area contributed by atoms with Gasteiger partial charge >= 0.3 is 0 Å². The Labute approximate surface area is 143 Å². The summed E-state index contributed by atoms with van der Waals surface area (Å²) in [6, 6.07) is 14.1. The Morgan fingerprint density at radius 3 is 2.78 bits per heavy atom. The Morgan fingerprint density at radius 2 is 2.09 bits per heavy atom. The Hall–Kier alpha value is -2.34. The monoisotopic (exact) mass is 372 g/mol. The van der Waals surface area contributed by atoms with Crippen LogP contribution in [-0.4, -0.2) is 22.3 Å². The summed E-state index contributed by atoms with van der Waals surface area (Å²) in [5.74, 6) is 2.34. The van der Waals surface area contributed by atoms with Crippen LogP contribution in [0.2, 0.25) is 0 Å². The first kappa shape index (κ1) is 15.6. The first-order valence-corrected chi connectivity index (χ1v) is 8.01. The number of hydrogen-bond donors (Lipinski definition) is 2. The number of aryl methyl sites for hydroxylation is 1. The van der Waals surface area contributed by atoms with E-state index in [0.717, 1.165) is 39.4 Å². The molecule has 2 N–H and O–H groups in total. The molecule has 0 saturated heterocycles. The van der Waals surface area contributed by atoms with Crippen LogP contribution in [0.3, 0.4) is 0 Å². The Kier molecular flexibility index (Phi) is 4.62. The second-order valence-corrected chi connectivity index (χ2v) is 6.00. The molecule has 1 aromatic heterocycles. The van der Waals surface area contributed by atoms with Crippen molar-refractivity contribution in [2.24, 2.45) is 0 Å². The largest absolute Gasteiger partial charge is 0.496 e. The van der Waals surface area contributed by atoms with Crippen LogP contribution in [0.15, 0.2) is 46.9 Å². The maximum atomic E-state index is 5.25. The number of H-pyrrole nitrogens is 1. The van der Waals surface area contributed by atoms with Crippen molar-refractivity contribution in [1.82, 2.24) is 15.2 Å². The summed E-state index contributed by atoms with van der Waals surface area (Å²) in [5.41, 5.74) is 3.17. The van der Waals surface area contributed by atoms with E-state index >= 15 is 0 Å². The molecule has 118 valence electrons. The first-order valence-electron chi connectivity index (χ1n) is 7.21. The minimum atomic E-state index is 0.707. The zero-order valence-electron chi connectivity index (χ0n) is 12.9. The van der Waals surface area contributed by atoms with E-state index in [0.29, 0.717) is 5.82 Å². The van der Waals surface area contributed by atoms with Gasteiger partial charge in [-0.15, -0.1) is 0 Å². The standard InChI is InChI=1S/C17H17BrN4O/c1-11-20-17(22-21-11)13-4-3-5-14(9-13)19-10-12-6-7-16(23-2)15(18)8-12/h3-9,19H,10H2,1-2H3,(H,20,21,22). The van der Waals surface area contributed by atoms with Crippen molar-refractivity contribution >= 4 is 21.6 Å². The number of aromatic nitrogens is 3. The topological polar surface area (TPSA) is 62.8 Å². The highest BCUT2D eigenvalue weighted by Crippen LogP contribution is 2.26. The van der Waals surface area contributed by atoms with E-state index in [1.54, 1.807) is 7.11 Å². The molecule has 3 rings (SSSR count). The minimum absolute atomic E-state index is 0.707. The third-order valence-corrected chi connectivity index (χ3v) is 4.05. The summed E-state index contributed by atoms with van der Waals surface area (Å²) in [7, 11) is 1.66. The van der Waals surface area contributed by atoms with Crippen molar-refractivity contribution in [2.45, 2.75) is 13.5 Å². The van der Waals surface area contributed by atoms with E-state index in [9.17, 15) is 0 Å². The van der Waals surface area contributed by atoms with Crippen molar-refractivity contribution in [3.05, 3.63) is 58.3 Å². The van der Waals surface area contributed by atoms with Crippen LogP contribution in [0.5, 0.6) is 5.75 Å². The van der Waals surface area contributed by atoms with Gasteiger partial charge in [0, 0.05) is 17.8 Å². The number of methoxy groups -OCH3 is 1. The van der Waals surface area contributed by atoms with Crippen LogP contribution in [0.1, 0.15) is 11.4 Å². The van der Waals surface area contributed by atoms with E-state index in [1.807, 2.05) is 49.4 Å². The lowest BCUT2D eigenvalue weighted by Crippen LogP contribution is -2.00. The molecule has 6 heteroatoms. The van der Waals surface area contributed by atoms with Gasteiger partial charge in [0.05, 0.1) is 11.6 Å². The van der Waals surface area contributed by atoms with Gasteiger partial charge in [-0.1, -0.05) is 18.2 Å². The number of rotatable bonds is 5. The molecule has 0 amide bonds.